The Labute approximate surface area is 93.7 Å². The molecule has 1 heterocycles. The van der Waals surface area contributed by atoms with Gasteiger partial charge >= 0.3 is 0 Å². The fourth-order valence-corrected chi connectivity index (χ4v) is 2.11. The van der Waals surface area contributed by atoms with E-state index >= 15 is 0 Å². The van der Waals surface area contributed by atoms with Crippen LogP contribution in [0.5, 0.6) is 0 Å². The molecule has 0 amide bonds. The molecule has 1 fully saturated rings. The lowest BCUT2D eigenvalue weighted by Gasteiger charge is -2.28. The monoisotopic (exact) mass is 229 g/mol. The molecule has 0 radical (unpaired) electrons. The van der Waals surface area contributed by atoms with Crippen molar-refractivity contribution in [2.45, 2.75) is 50.6 Å². The van der Waals surface area contributed by atoms with Gasteiger partial charge in [0.1, 0.15) is 0 Å². The predicted molar refractivity (Wildman–Crippen MR) is 57.3 cm³/mol. The van der Waals surface area contributed by atoms with Gasteiger partial charge in [-0.2, -0.15) is 0 Å². The second-order valence-corrected chi connectivity index (χ2v) is 4.62. The first kappa shape index (κ1) is 11.5. The summed E-state index contributed by atoms with van der Waals surface area (Å²) < 4.78 is 27.9. The van der Waals surface area contributed by atoms with E-state index in [0.29, 0.717) is 12.8 Å². The van der Waals surface area contributed by atoms with Crippen LogP contribution in [-0.4, -0.2) is 15.5 Å². The zero-order valence-corrected chi connectivity index (χ0v) is 9.37. The van der Waals surface area contributed by atoms with E-state index in [1.54, 1.807) is 6.33 Å². The Morgan fingerprint density at radius 3 is 2.62 bits per heavy atom. The molecular weight excluding hydrogens is 212 g/mol. The van der Waals surface area contributed by atoms with E-state index in [9.17, 15) is 8.78 Å². The van der Waals surface area contributed by atoms with Crippen molar-refractivity contribution in [2.24, 2.45) is 5.73 Å². The lowest BCUT2D eigenvalue weighted by atomic mass is 9.92. The minimum Gasteiger partial charge on any atom is -0.334 e. The fourth-order valence-electron chi connectivity index (χ4n) is 2.11. The highest BCUT2D eigenvalue weighted by Gasteiger charge is 2.35. The number of hydrogen-bond acceptors (Lipinski definition) is 2. The zero-order valence-electron chi connectivity index (χ0n) is 9.37. The molecule has 1 saturated carbocycles. The van der Waals surface area contributed by atoms with Gasteiger partial charge in [0.15, 0.2) is 0 Å². The molecule has 1 aromatic heterocycles. The average Bonchev–Trinajstić information content (AvgIpc) is 2.66. The van der Waals surface area contributed by atoms with Crippen molar-refractivity contribution in [1.29, 1.82) is 0 Å². The Morgan fingerprint density at radius 1 is 1.50 bits per heavy atom. The lowest BCUT2D eigenvalue weighted by molar-refractivity contribution is -0.0439. The summed E-state index contributed by atoms with van der Waals surface area (Å²) in [5, 5.41) is 0. The molecule has 0 aliphatic heterocycles. The number of nitrogens with two attached hydrogens (primary N) is 1. The van der Waals surface area contributed by atoms with E-state index < -0.39 is 5.92 Å². The van der Waals surface area contributed by atoms with Crippen molar-refractivity contribution in [3.05, 3.63) is 18.2 Å². The molecule has 2 N–H and O–H groups in total. The summed E-state index contributed by atoms with van der Waals surface area (Å²) in [6.07, 6.45) is 4.56. The number of nitrogens with zero attached hydrogens (tertiary/aromatic N) is 2. The van der Waals surface area contributed by atoms with E-state index in [-0.39, 0.29) is 24.9 Å². The summed E-state index contributed by atoms with van der Waals surface area (Å²) in [5.74, 6) is -2.47. The van der Waals surface area contributed by atoms with Crippen molar-refractivity contribution < 1.29 is 8.78 Å². The molecule has 1 atom stereocenters. The minimum absolute atomic E-state index is 0.0244. The normalized spacial score (nSPS) is 23.2. The van der Waals surface area contributed by atoms with Gasteiger partial charge < -0.3 is 10.3 Å². The maximum absolute atomic E-state index is 13.0. The van der Waals surface area contributed by atoms with Crippen LogP contribution >= 0.6 is 0 Å². The van der Waals surface area contributed by atoms with E-state index in [1.807, 2.05) is 17.7 Å². The number of rotatable bonds is 2. The maximum atomic E-state index is 13.0. The van der Waals surface area contributed by atoms with E-state index in [2.05, 4.69) is 4.98 Å². The molecule has 0 spiro atoms. The van der Waals surface area contributed by atoms with E-state index in [0.717, 1.165) is 5.69 Å². The molecular formula is C11H17F2N3. The molecule has 1 aliphatic carbocycles. The molecule has 2 rings (SSSR count). The molecule has 1 unspecified atom stereocenters. The zero-order chi connectivity index (χ0) is 11.8. The Hall–Kier alpha value is -0.970. The van der Waals surface area contributed by atoms with Gasteiger partial charge in [-0.15, -0.1) is 0 Å². The Balaban J connectivity index is 2.03. The summed E-state index contributed by atoms with van der Waals surface area (Å²) in [5.41, 5.74) is 6.52. The van der Waals surface area contributed by atoms with Crippen LogP contribution in [0.25, 0.3) is 0 Å². The van der Waals surface area contributed by atoms with Crippen LogP contribution in [0.2, 0.25) is 0 Å². The average molecular weight is 229 g/mol. The van der Waals surface area contributed by atoms with Gasteiger partial charge in [0.05, 0.1) is 12.0 Å². The third-order valence-electron chi connectivity index (χ3n) is 3.20. The summed E-state index contributed by atoms with van der Waals surface area (Å²) >= 11 is 0. The van der Waals surface area contributed by atoms with E-state index in [4.69, 9.17) is 5.73 Å². The molecule has 1 aromatic rings. The third kappa shape index (κ3) is 2.40. The first-order valence-corrected chi connectivity index (χ1v) is 5.65. The first-order valence-electron chi connectivity index (χ1n) is 5.65. The van der Waals surface area contributed by atoms with Crippen molar-refractivity contribution in [2.75, 3.05) is 0 Å². The van der Waals surface area contributed by atoms with Gasteiger partial charge in [-0.25, -0.2) is 13.8 Å². The number of hydrogen-bond donors (Lipinski definition) is 1. The molecule has 0 bridgehead atoms. The topological polar surface area (TPSA) is 43.8 Å². The number of halogens is 2. The minimum atomic E-state index is -2.47. The number of alkyl halides is 2. The highest BCUT2D eigenvalue weighted by molar-refractivity contribution is 5.03. The van der Waals surface area contributed by atoms with Gasteiger partial charge in [-0.05, 0) is 19.8 Å². The summed E-state index contributed by atoms with van der Waals surface area (Å²) in [6, 6.07) is 0.0471. The molecule has 90 valence electrons. The van der Waals surface area contributed by atoms with Gasteiger partial charge in [0.2, 0.25) is 5.92 Å². The Morgan fingerprint density at radius 2 is 2.12 bits per heavy atom. The molecule has 5 heteroatoms. The van der Waals surface area contributed by atoms with Crippen molar-refractivity contribution in [1.82, 2.24) is 9.55 Å². The quantitative estimate of drug-likeness (QED) is 0.847. The van der Waals surface area contributed by atoms with Gasteiger partial charge in [-0.1, -0.05) is 0 Å². The number of aromatic nitrogens is 2. The highest BCUT2D eigenvalue weighted by atomic mass is 19.3. The Bertz CT molecular complexity index is 350. The maximum Gasteiger partial charge on any atom is 0.248 e. The van der Waals surface area contributed by atoms with Crippen molar-refractivity contribution >= 4 is 0 Å². The molecule has 3 nitrogen and oxygen atoms in total. The fraction of sp³-hybridized carbons (Fsp3) is 0.727. The lowest BCUT2D eigenvalue weighted by Crippen LogP contribution is -2.25. The SMILES string of the molecule is CC(N)c1cn(C2CCC(F)(F)CC2)cn1. The second kappa shape index (κ2) is 4.13. The second-order valence-electron chi connectivity index (χ2n) is 4.62. The van der Waals surface area contributed by atoms with Crippen LogP contribution in [0.15, 0.2) is 12.5 Å². The highest BCUT2D eigenvalue weighted by Crippen LogP contribution is 2.38. The van der Waals surface area contributed by atoms with Crippen molar-refractivity contribution in [3.63, 3.8) is 0 Å². The molecule has 0 saturated heterocycles. The number of imidazole rings is 1. The summed E-state index contributed by atoms with van der Waals surface area (Å²) in [6.45, 7) is 1.86. The predicted octanol–water partition coefficient (Wildman–Crippen LogP) is 2.65. The third-order valence-corrected chi connectivity index (χ3v) is 3.20. The standard InChI is InChI=1S/C11H17F2N3/c1-8(14)10-6-16(7-15-10)9-2-4-11(12,13)5-3-9/h6-9H,2-5,14H2,1H3. The van der Waals surface area contributed by atoms with Gasteiger partial charge in [0, 0.05) is 31.1 Å². The smallest absolute Gasteiger partial charge is 0.248 e. The Kier molecular flexibility index (Phi) is 2.97. The van der Waals surface area contributed by atoms with Crippen LogP contribution in [-0.2, 0) is 0 Å². The van der Waals surface area contributed by atoms with E-state index in [1.165, 1.54) is 0 Å². The van der Waals surface area contributed by atoms with Crippen LogP contribution < -0.4 is 5.73 Å². The van der Waals surface area contributed by atoms with Crippen LogP contribution in [0, 0.1) is 0 Å². The van der Waals surface area contributed by atoms with Crippen LogP contribution in [0.4, 0.5) is 8.78 Å². The first-order chi connectivity index (χ1) is 7.48. The molecule has 0 aromatic carbocycles. The van der Waals surface area contributed by atoms with Crippen LogP contribution in [0.3, 0.4) is 0 Å². The van der Waals surface area contributed by atoms with Crippen molar-refractivity contribution in [3.8, 4) is 0 Å². The van der Waals surface area contributed by atoms with Gasteiger partial charge in [0.25, 0.3) is 0 Å². The molecule has 16 heavy (non-hydrogen) atoms. The van der Waals surface area contributed by atoms with Gasteiger partial charge in [-0.3, -0.25) is 0 Å². The largest absolute Gasteiger partial charge is 0.334 e. The summed E-state index contributed by atoms with van der Waals surface area (Å²) in [7, 11) is 0. The summed E-state index contributed by atoms with van der Waals surface area (Å²) in [4.78, 5) is 4.18. The van der Waals surface area contributed by atoms with Crippen LogP contribution in [0.1, 0.15) is 50.4 Å². The molecule has 1 aliphatic rings.